The quantitative estimate of drug-likeness (QED) is 0.532. The molecule has 0 aliphatic rings. The van der Waals surface area contributed by atoms with Crippen LogP contribution < -0.4 is 10.2 Å². The van der Waals surface area contributed by atoms with Crippen molar-refractivity contribution in [1.82, 2.24) is 0 Å². The van der Waals surface area contributed by atoms with Crippen molar-refractivity contribution in [3.05, 3.63) is 24.3 Å². The van der Waals surface area contributed by atoms with Crippen LogP contribution in [-0.4, -0.2) is 82.1 Å². The summed E-state index contributed by atoms with van der Waals surface area (Å²) in [4.78, 5) is 0. The summed E-state index contributed by atoms with van der Waals surface area (Å²) in [5, 5.41) is 17.4. The maximum atomic E-state index is 8.70. The van der Waals surface area contributed by atoms with Crippen LogP contribution in [0, 0.1) is 0 Å². The Morgan fingerprint density at radius 1 is 0.895 bits per heavy atom. The first kappa shape index (κ1) is 18.5. The molecule has 10 radical (unpaired) electrons. The molecule has 2 N–H and O–H groups in total. The molecule has 1 aromatic rings. The molecule has 1 aromatic carbocycles. The van der Waals surface area contributed by atoms with E-state index < -0.39 is 26.3 Å². The van der Waals surface area contributed by atoms with Gasteiger partial charge in [0.2, 0.25) is 0 Å². The highest BCUT2D eigenvalue weighted by Gasteiger charge is 2.14. The van der Waals surface area contributed by atoms with Crippen LogP contribution in [0.3, 0.4) is 0 Å². The molecule has 0 saturated carbocycles. The molecule has 82 valence electrons. The van der Waals surface area contributed by atoms with Crippen molar-refractivity contribution in [2.75, 3.05) is 7.11 Å². The first-order valence-electron chi connectivity index (χ1n) is 5.57. The zero-order valence-corrected chi connectivity index (χ0v) is 10.8. The summed E-state index contributed by atoms with van der Waals surface area (Å²) in [5.74, 6) is 0.703. The lowest BCUT2D eigenvalue weighted by Gasteiger charge is -2.13. The molecule has 0 spiro atoms. The van der Waals surface area contributed by atoms with Crippen molar-refractivity contribution in [2.24, 2.45) is 0 Å². The fourth-order valence-corrected chi connectivity index (χ4v) is 1.03. The van der Waals surface area contributed by atoms with Gasteiger partial charge in [0.05, 0.1) is 7.11 Å². The third-order valence-electron chi connectivity index (χ3n) is 2.30. The van der Waals surface area contributed by atoms with E-state index in [4.69, 9.17) is 53.5 Å². The summed E-state index contributed by atoms with van der Waals surface area (Å²) in [6, 6.07) is 6.55. The van der Waals surface area contributed by atoms with Crippen LogP contribution >= 0.6 is 0 Å². The molecular weight excluding hydrogens is 229 g/mol. The van der Waals surface area contributed by atoms with Gasteiger partial charge in [0.25, 0.3) is 0 Å². The van der Waals surface area contributed by atoms with Gasteiger partial charge in [0, 0.05) is 57.8 Å². The highest BCUT2D eigenvalue weighted by Crippen LogP contribution is 2.05. The summed E-state index contributed by atoms with van der Waals surface area (Å²) in [6.07, 6.45) is -1.78. The molecule has 3 nitrogen and oxygen atoms in total. The minimum atomic E-state index is -1.40. The zero-order chi connectivity index (χ0) is 15.0. The van der Waals surface area contributed by atoms with Crippen molar-refractivity contribution in [2.45, 2.75) is 0 Å². The largest absolute Gasteiger partial charge is 0.497 e. The van der Waals surface area contributed by atoms with Gasteiger partial charge >= 0.3 is 7.12 Å². The van der Waals surface area contributed by atoms with E-state index in [-0.39, 0.29) is 0 Å². The van der Waals surface area contributed by atoms with E-state index in [1.807, 2.05) is 0 Å². The van der Waals surface area contributed by atoms with Crippen molar-refractivity contribution < 1.29 is 14.8 Å². The van der Waals surface area contributed by atoms with Crippen molar-refractivity contribution >= 4 is 70.4 Å². The highest BCUT2D eigenvalue weighted by atomic mass is 16.5. The third kappa shape index (κ3) is 7.63. The summed E-state index contributed by atoms with van der Waals surface area (Å²) in [6.45, 7) is 0. The molecule has 1 rings (SSSR count). The standard InChI is InChI=1S/C7H9BO3.B8/c1-11-7-4-2-6(3-5-7)8(9)10;1-6(2)8(5)7(3)4/h2-5,9-10H,1H3;. The highest BCUT2D eigenvalue weighted by molar-refractivity contribution is 7.89. The van der Waals surface area contributed by atoms with Crippen molar-refractivity contribution in [1.29, 1.82) is 0 Å². The van der Waals surface area contributed by atoms with Crippen LogP contribution in [0.5, 0.6) is 5.75 Å². The minimum Gasteiger partial charge on any atom is -0.497 e. The number of rotatable bonds is 4. The van der Waals surface area contributed by atoms with Crippen molar-refractivity contribution in [3.8, 4) is 5.75 Å². The van der Waals surface area contributed by atoms with E-state index in [1.54, 1.807) is 31.4 Å². The van der Waals surface area contributed by atoms with Crippen molar-refractivity contribution in [3.63, 3.8) is 0 Å². The Kier molecular flexibility index (Phi) is 9.20. The van der Waals surface area contributed by atoms with E-state index in [0.717, 1.165) is 0 Å². The lowest BCUT2D eigenvalue weighted by atomic mass is 8.68. The first-order valence-corrected chi connectivity index (χ1v) is 5.57. The van der Waals surface area contributed by atoms with Crippen LogP contribution in [0.15, 0.2) is 24.3 Å². The van der Waals surface area contributed by atoms with Gasteiger partial charge in [-0.15, -0.1) is 0 Å². The topological polar surface area (TPSA) is 49.7 Å². The fraction of sp³-hybridized carbons (Fsp3) is 0.143. The maximum Gasteiger partial charge on any atom is 0.488 e. The predicted molar refractivity (Wildman–Crippen MR) is 88.9 cm³/mol. The molecule has 0 fully saturated rings. The van der Waals surface area contributed by atoms with Gasteiger partial charge in [-0.05, 0) is 17.6 Å². The Morgan fingerprint density at radius 2 is 1.32 bits per heavy atom. The molecule has 0 bridgehead atoms. The summed E-state index contributed by atoms with van der Waals surface area (Å²) in [5.41, 5.74) is 0.464. The monoisotopic (exact) mass is 240 g/mol. The molecular formula is C7H9B9O3. The maximum absolute atomic E-state index is 8.70. The second kappa shape index (κ2) is 9.43. The van der Waals surface area contributed by atoms with E-state index in [9.17, 15) is 0 Å². The summed E-state index contributed by atoms with van der Waals surface area (Å²) >= 11 is 0. The molecule has 12 heteroatoms. The van der Waals surface area contributed by atoms with Gasteiger partial charge in [-0.2, -0.15) is 0 Å². The normalized spacial score (nSPS) is 8.79. The second-order valence-electron chi connectivity index (χ2n) is 3.88. The zero-order valence-electron chi connectivity index (χ0n) is 10.8. The number of hydrogen-bond acceptors (Lipinski definition) is 3. The Hall–Kier alpha value is -0.476. The van der Waals surface area contributed by atoms with Gasteiger partial charge in [-0.3, -0.25) is 0 Å². The SMILES string of the molecule is COc1ccc(B(O)O)cc1.[B]B([B])B([B])B([B])[B]. The van der Waals surface area contributed by atoms with Crippen LogP contribution in [0.4, 0.5) is 0 Å². The predicted octanol–water partition coefficient (Wildman–Crippen LogP) is -3.67. The molecule has 0 aliphatic heterocycles. The van der Waals surface area contributed by atoms with Crippen LogP contribution in [-0.2, 0) is 0 Å². The van der Waals surface area contributed by atoms with Crippen LogP contribution in [0.1, 0.15) is 0 Å². The Labute approximate surface area is 123 Å². The summed E-state index contributed by atoms with van der Waals surface area (Å²) < 4.78 is 4.89. The molecule has 0 saturated heterocycles. The lowest BCUT2D eigenvalue weighted by molar-refractivity contribution is 0.414. The van der Waals surface area contributed by atoms with E-state index in [2.05, 4.69) is 0 Å². The van der Waals surface area contributed by atoms with Gasteiger partial charge in [0.15, 0.2) is 0 Å². The average Bonchev–Trinajstić information content (AvgIpc) is 2.38. The number of methoxy groups -OCH3 is 1. The first-order chi connectivity index (χ1) is 8.79. The minimum absolute atomic E-state index is 0.464. The molecule has 0 aliphatic carbocycles. The van der Waals surface area contributed by atoms with Crippen LogP contribution in [0.2, 0.25) is 0 Å². The van der Waals surface area contributed by atoms with E-state index >= 15 is 0 Å². The Bertz CT molecular complexity index is 336. The molecule has 0 heterocycles. The fourth-order valence-electron chi connectivity index (χ4n) is 1.03. The summed E-state index contributed by atoms with van der Waals surface area (Å²) in [7, 11) is 25.9. The molecule has 0 amide bonds. The lowest BCUT2D eigenvalue weighted by Crippen LogP contribution is -2.52. The smallest absolute Gasteiger partial charge is 0.488 e. The number of hydrogen-bond donors (Lipinski definition) is 2. The van der Waals surface area contributed by atoms with E-state index in [0.29, 0.717) is 11.2 Å². The second-order valence-corrected chi connectivity index (χ2v) is 3.88. The third-order valence-corrected chi connectivity index (χ3v) is 2.30. The molecule has 0 aromatic heterocycles. The van der Waals surface area contributed by atoms with Gasteiger partial charge in [-0.1, -0.05) is 12.1 Å². The Balaban J connectivity index is 0.000000362. The number of ether oxygens (including phenoxy) is 1. The Morgan fingerprint density at radius 3 is 1.53 bits per heavy atom. The number of benzene rings is 1. The van der Waals surface area contributed by atoms with E-state index in [1.165, 1.54) is 0 Å². The molecule has 0 atom stereocenters. The molecule has 19 heavy (non-hydrogen) atoms. The van der Waals surface area contributed by atoms with Gasteiger partial charge in [0.1, 0.15) is 5.75 Å². The molecule has 0 unspecified atom stereocenters. The van der Waals surface area contributed by atoms with Crippen LogP contribution in [0.25, 0.3) is 0 Å². The average molecular weight is 238 g/mol. The van der Waals surface area contributed by atoms with Gasteiger partial charge < -0.3 is 14.8 Å². The van der Waals surface area contributed by atoms with Gasteiger partial charge in [-0.25, -0.2) is 0 Å².